The van der Waals surface area contributed by atoms with Crippen LogP contribution in [0.15, 0.2) is 6.43 Å². The second-order valence-electron chi connectivity index (χ2n) is 0.506. The second kappa shape index (κ2) is 5.56. The van der Waals surface area contributed by atoms with Crippen LogP contribution in [0.25, 0.3) is 0 Å². The fourth-order valence-electron chi connectivity index (χ4n) is 0.0658. The minimum atomic E-state index is -1.42. The van der Waals surface area contributed by atoms with Crippen molar-refractivity contribution in [1.29, 1.82) is 0 Å². The van der Waals surface area contributed by atoms with Gasteiger partial charge in [-0.15, -0.1) is 0 Å². The summed E-state index contributed by atoms with van der Waals surface area (Å²) < 4.78 is 6.19. The molecule has 0 aromatic rings. The molecule has 0 bridgehead atoms. The van der Waals surface area contributed by atoms with Gasteiger partial charge in [-0.3, -0.25) is 0 Å². The van der Waals surface area contributed by atoms with Crippen molar-refractivity contribution in [3.8, 4) is 0 Å². The molecule has 2 radical (unpaired) electrons. The Kier molecular flexibility index (Phi) is 5.21. The fourth-order valence-corrected chi connectivity index (χ4v) is 0.442. The molecule has 7 heavy (non-hydrogen) atoms. The molecule has 0 aromatic carbocycles. The Balaban J connectivity index is 3.33. The minimum absolute atomic E-state index is 1.28. The zero-order chi connectivity index (χ0) is 5.54. The van der Waals surface area contributed by atoms with Gasteiger partial charge in [-0.1, -0.05) is 0 Å². The molecule has 0 aliphatic rings. The van der Waals surface area contributed by atoms with Gasteiger partial charge < -0.3 is 0 Å². The predicted octanol–water partition coefficient (Wildman–Crippen LogP) is -0.808. The summed E-state index contributed by atoms with van der Waals surface area (Å²) >= 11 is -1.42. The van der Waals surface area contributed by atoms with Gasteiger partial charge in [0, 0.05) is 0 Å². The monoisotopic (exact) mass is 204 g/mol. The molecule has 0 fully saturated rings. The predicted molar refractivity (Wildman–Crippen MR) is 22.0 cm³/mol. The SMILES string of the molecule is O=C=[N][Sn][N]=C=O. The Morgan fingerprint density at radius 2 is 1.57 bits per heavy atom. The van der Waals surface area contributed by atoms with Crippen LogP contribution < -0.4 is 0 Å². The molecule has 34 valence electrons. The van der Waals surface area contributed by atoms with Crippen LogP contribution in [0.2, 0.25) is 0 Å². The van der Waals surface area contributed by atoms with Crippen molar-refractivity contribution in [1.82, 2.24) is 0 Å². The van der Waals surface area contributed by atoms with E-state index in [4.69, 9.17) is 0 Å². The number of hydrogen-bond donors (Lipinski definition) is 0. The quantitative estimate of drug-likeness (QED) is 0.334. The van der Waals surface area contributed by atoms with Crippen LogP contribution in [0, 0.1) is 0 Å². The Labute approximate surface area is 50.3 Å². The van der Waals surface area contributed by atoms with Crippen LogP contribution in [-0.4, -0.2) is 33.8 Å². The number of rotatable bonds is 2. The number of carbonyl (C=O) groups excluding carboxylic acids is 2. The van der Waals surface area contributed by atoms with Crippen LogP contribution in [0.1, 0.15) is 0 Å². The van der Waals surface area contributed by atoms with Gasteiger partial charge in [-0.25, -0.2) is 0 Å². The molecule has 0 atom stereocenters. The van der Waals surface area contributed by atoms with E-state index in [0.717, 1.165) is 0 Å². The topological polar surface area (TPSA) is 58.9 Å². The maximum absolute atomic E-state index is 9.24. The van der Waals surface area contributed by atoms with Gasteiger partial charge in [0.15, 0.2) is 0 Å². The van der Waals surface area contributed by atoms with Crippen molar-refractivity contribution in [2.24, 2.45) is 6.43 Å². The molecule has 0 saturated carbocycles. The van der Waals surface area contributed by atoms with E-state index >= 15 is 0 Å². The van der Waals surface area contributed by atoms with Crippen LogP contribution in [0.3, 0.4) is 0 Å². The first-order valence-corrected chi connectivity index (χ1v) is 3.86. The van der Waals surface area contributed by atoms with E-state index in [2.05, 4.69) is 6.43 Å². The summed E-state index contributed by atoms with van der Waals surface area (Å²) in [6, 6.07) is 0. The molecule has 0 aromatic heterocycles. The summed E-state index contributed by atoms with van der Waals surface area (Å²) in [5, 5.41) is 0. The first-order valence-electron chi connectivity index (χ1n) is 1.30. The summed E-state index contributed by atoms with van der Waals surface area (Å²) in [6.45, 7) is 0. The molecule has 0 aliphatic heterocycles. The van der Waals surface area contributed by atoms with Crippen molar-refractivity contribution >= 4 is 33.8 Å². The third kappa shape index (κ3) is 5.56. The molecule has 0 unspecified atom stereocenters. The zero-order valence-electron chi connectivity index (χ0n) is 3.21. The van der Waals surface area contributed by atoms with Crippen LogP contribution in [-0.2, 0) is 9.59 Å². The molecule has 4 nitrogen and oxygen atoms in total. The van der Waals surface area contributed by atoms with Crippen molar-refractivity contribution in [3.63, 3.8) is 0 Å². The molecular weight excluding hydrogens is 203 g/mol. The normalized spacial score (nSPS) is 5.71. The average Bonchev–Trinajstić information content (AvgIpc) is 1.69. The molecule has 0 saturated heterocycles. The van der Waals surface area contributed by atoms with E-state index in [-0.39, 0.29) is 0 Å². The molecule has 0 spiro atoms. The zero-order valence-corrected chi connectivity index (χ0v) is 6.07. The number of nitrogens with zero attached hydrogens (tertiary/aromatic N) is 2. The maximum atomic E-state index is 9.24. The van der Waals surface area contributed by atoms with Crippen molar-refractivity contribution < 1.29 is 9.59 Å². The van der Waals surface area contributed by atoms with Crippen LogP contribution in [0.4, 0.5) is 0 Å². The molecule has 0 aliphatic carbocycles. The van der Waals surface area contributed by atoms with Crippen molar-refractivity contribution in [3.05, 3.63) is 0 Å². The van der Waals surface area contributed by atoms with Crippen LogP contribution in [0.5, 0.6) is 0 Å². The van der Waals surface area contributed by atoms with Gasteiger partial charge in [-0.05, 0) is 0 Å². The van der Waals surface area contributed by atoms with E-state index in [1.807, 2.05) is 0 Å². The fraction of sp³-hybridized carbons (Fsp3) is 0. The third-order valence-corrected chi connectivity index (χ3v) is 1.28. The standard InChI is InChI=1S/2CNO.Sn/c2*2-1-3;/q2*-1;+2. The van der Waals surface area contributed by atoms with Gasteiger partial charge >= 0.3 is 49.9 Å². The average molecular weight is 203 g/mol. The Morgan fingerprint density at radius 3 is 1.86 bits per heavy atom. The van der Waals surface area contributed by atoms with E-state index in [1.165, 1.54) is 12.2 Å². The Bertz CT molecular complexity index is 117. The van der Waals surface area contributed by atoms with Gasteiger partial charge in [-0.2, -0.15) is 0 Å². The van der Waals surface area contributed by atoms with Gasteiger partial charge in [0.25, 0.3) is 0 Å². The molecule has 5 heteroatoms. The molecule has 0 rings (SSSR count). The first-order chi connectivity index (χ1) is 3.41. The Hall–Kier alpha value is -0.441. The molecule has 0 amide bonds. The number of isocyanates is 2. The summed E-state index contributed by atoms with van der Waals surface area (Å²) in [5.41, 5.74) is 0. The van der Waals surface area contributed by atoms with Gasteiger partial charge in [0.05, 0.1) is 0 Å². The van der Waals surface area contributed by atoms with E-state index < -0.39 is 21.7 Å². The summed E-state index contributed by atoms with van der Waals surface area (Å²) in [4.78, 5) is 18.5. The second-order valence-corrected chi connectivity index (χ2v) is 2.35. The van der Waals surface area contributed by atoms with Gasteiger partial charge in [0.2, 0.25) is 0 Å². The van der Waals surface area contributed by atoms with Crippen molar-refractivity contribution in [2.75, 3.05) is 0 Å². The van der Waals surface area contributed by atoms with E-state index in [1.54, 1.807) is 0 Å². The molecule has 0 heterocycles. The Morgan fingerprint density at radius 1 is 1.14 bits per heavy atom. The first kappa shape index (κ1) is 6.56. The van der Waals surface area contributed by atoms with Crippen molar-refractivity contribution in [2.45, 2.75) is 0 Å². The summed E-state index contributed by atoms with van der Waals surface area (Å²) in [7, 11) is 0. The van der Waals surface area contributed by atoms with Gasteiger partial charge in [0.1, 0.15) is 0 Å². The van der Waals surface area contributed by atoms with Crippen LogP contribution >= 0.6 is 0 Å². The summed E-state index contributed by atoms with van der Waals surface area (Å²) in [6.07, 6.45) is 2.56. The van der Waals surface area contributed by atoms with E-state index in [9.17, 15) is 9.59 Å². The molecular formula is C2N2O2Sn. The molecule has 0 N–H and O–H groups in total. The van der Waals surface area contributed by atoms with E-state index in [0.29, 0.717) is 0 Å². The summed E-state index contributed by atoms with van der Waals surface area (Å²) in [5.74, 6) is 0. The third-order valence-electron chi connectivity index (χ3n) is 0.191. The number of hydrogen-bond acceptors (Lipinski definition) is 4.